The third-order valence-electron chi connectivity index (χ3n) is 3.14. The van der Waals surface area contributed by atoms with Crippen LogP contribution in [0.1, 0.15) is 11.9 Å². The smallest absolute Gasteiger partial charge is 0.185 e. The van der Waals surface area contributed by atoms with E-state index in [-0.39, 0.29) is 0 Å². The Hall–Kier alpha value is -0.730. The summed E-state index contributed by atoms with van der Waals surface area (Å²) in [5.74, 6) is 0. The summed E-state index contributed by atoms with van der Waals surface area (Å²) in [6.45, 7) is -1.07. The van der Waals surface area contributed by atoms with E-state index in [1.807, 2.05) is 0 Å². The summed E-state index contributed by atoms with van der Waals surface area (Å²) in [7, 11) is 0. The van der Waals surface area contributed by atoms with Crippen molar-refractivity contribution < 1.29 is 29.9 Å². The average Bonchev–Trinajstić information content (AvgIpc) is 2.90. The minimum Gasteiger partial charge on any atom is -0.394 e. The molecule has 1 unspecified atom stereocenters. The maximum absolute atomic E-state index is 9.72. The molecule has 0 aliphatic carbocycles. The molecule has 0 radical (unpaired) electrons. The van der Waals surface area contributed by atoms with Gasteiger partial charge in [0.2, 0.25) is 0 Å². The zero-order valence-corrected chi connectivity index (χ0v) is 11.3. The predicted molar refractivity (Wildman–Crippen MR) is 70.1 cm³/mol. The Morgan fingerprint density at radius 3 is 2.05 bits per heavy atom. The van der Waals surface area contributed by atoms with E-state index in [4.69, 9.17) is 31.3 Å². The first-order valence-electron chi connectivity index (χ1n) is 6.21. The second-order valence-electron chi connectivity index (χ2n) is 4.59. The largest absolute Gasteiger partial charge is 0.394 e. The van der Waals surface area contributed by atoms with E-state index in [0.29, 0.717) is 10.6 Å². The van der Waals surface area contributed by atoms with Crippen molar-refractivity contribution in [3.8, 4) is 0 Å². The van der Waals surface area contributed by atoms with Gasteiger partial charge in [0.1, 0.15) is 24.4 Å². The van der Waals surface area contributed by atoms with Crippen molar-refractivity contribution in [2.24, 2.45) is 0 Å². The summed E-state index contributed by atoms with van der Waals surface area (Å²) in [5, 5.41) is 38.0. The summed E-state index contributed by atoms with van der Waals surface area (Å²) in [4.78, 5) is 0. The molecule has 1 heterocycles. The van der Waals surface area contributed by atoms with E-state index < -0.39 is 43.9 Å². The number of aliphatic hydroxyl groups excluding tert-OH is 4. The molecule has 0 aromatic heterocycles. The van der Waals surface area contributed by atoms with Crippen molar-refractivity contribution in [2.45, 2.75) is 30.7 Å². The number of rotatable bonds is 5. The van der Waals surface area contributed by atoms with Gasteiger partial charge in [-0.1, -0.05) is 23.7 Å². The molecule has 1 fully saturated rings. The molecule has 1 aliphatic rings. The van der Waals surface area contributed by atoms with E-state index in [2.05, 4.69) is 0 Å². The molecule has 112 valence electrons. The Bertz CT molecular complexity index is 425. The molecule has 7 heteroatoms. The maximum Gasteiger partial charge on any atom is 0.185 e. The van der Waals surface area contributed by atoms with Crippen LogP contribution in [0.4, 0.5) is 0 Å². The van der Waals surface area contributed by atoms with Crippen LogP contribution in [-0.2, 0) is 9.47 Å². The highest BCUT2D eigenvalue weighted by Crippen LogP contribution is 2.35. The first kappa shape index (κ1) is 15.7. The number of ether oxygens (including phenoxy) is 2. The predicted octanol–water partition coefficient (Wildman–Crippen LogP) is -0.171. The third-order valence-corrected chi connectivity index (χ3v) is 3.37. The first-order chi connectivity index (χ1) is 9.56. The Labute approximate surface area is 121 Å². The Morgan fingerprint density at radius 1 is 1.05 bits per heavy atom. The van der Waals surface area contributed by atoms with Crippen LogP contribution < -0.4 is 0 Å². The average molecular weight is 305 g/mol. The number of hydrogen-bond donors (Lipinski definition) is 4. The van der Waals surface area contributed by atoms with E-state index in [0.717, 1.165) is 0 Å². The van der Waals surface area contributed by atoms with E-state index in [9.17, 15) is 10.2 Å². The lowest BCUT2D eigenvalue weighted by atomic mass is 10.0. The monoisotopic (exact) mass is 304 g/mol. The minimum atomic E-state index is -1.22. The molecule has 20 heavy (non-hydrogen) atoms. The SMILES string of the molecule is OC[C@@H](O)[C@@H]1OC(c2cccc(Cl)c2)O[C@H]1[C@@H](O)CO. The van der Waals surface area contributed by atoms with Gasteiger partial charge in [-0.15, -0.1) is 0 Å². The zero-order valence-electron chi connectivity index (χ0n) is 10.6. The van der Waals surface area contributed by atoms with Crippen LogP contribution in [0, 0.1) is 0 Å². The molecular weight excluding hydrogens is 288 g/mol. The van der Waals surface area contributed by atoms with Crippen molar-refractivity contribution in [1.82, 2.24) is 0 Å². The number of halogens is 1. The van der Waals surface area contributed by atoms with Gasteiger partial charge in [-0.3, -0.25) is 0 Å². The quantitative estimate of drug-likeness (QED) is 0.603. The number of benzene rings is 1. The molecule has 6 nitrogen and oxygen atoms in total. The molecule has 1 aliphatic heterocycles. The summed E-state index contributed by atoms with van der Waals surface area (Å²) in [5.41, 5.74) is 0.625. The lowest BCUT2D eigenvalue weighted by Crippen LogP contribution is -2.45. The molecular formula is C13H17ClO6. The van der Waals surface area contributed by atoms with E-state index in [1.54, 1.807) is 24.3 Å². The molecule has 4 N–H and O–H groups in total. The van der Waals surface area contributed by atoms with Gasteiger partial charge in [-0.05, 0) is 12.1 Å². The molecule has 0 bridgehead atoms. The highest BCUT2D eigenvalue weighted by Gasteiger charge is 2.44. The van der Waals surface area contributed by atoms with Crippen LogP contribution in [0.15, 0.2) is 24.3 Å². The summed E-state index contributed by atoms with van der Waals surface area (Å²) < 4.78 is 11.1. The maximum atomic E-state index is 9.72. The van der Waals surface area contributed by atoms with Crippen molar-refractivity contribution in [3.63, 3.8) is 0 Å². The van der Waals surface area contributed by atoms with Crippen molar-refractivity contribution >= 4 is 11.6 Å². The van der Waals surface area contributed by atoms with Gasteiger partial charge in [-0.25, -0.2) is 0 Å². The fourth-order valence-corrected chi connectivity index (χ4v) is 2.31. The van der Waals surface area contributed by atoms with Gasteiger partial charge in [0.05, 0.1) is 13.2 Å². The van der Waals surface area contributed by atoms with E-state index >= 15 is 0 Å². The lowest BCUT2D eigenvalue weighted by Gasteiger charge is -2.23. The number of hydrogen-bond acceptors (Lipinski definition) is 6. The molecule has 0 saturated carbocycles. The van der Waals surface area contributed by atoms with Crippen molar-refractivity contribution in [2.75, 3.05) is 13.2 Å². The van der Waals surface area contributed by atoms with Gasteiger partial charge < -0.3 is 29.9 Å². The van der Waals surface area contributed by atoms with Crippen LogP contribution in [-0.4, -0.2) is 58.1 Å². The van der Waals surface area contributed by atoms with Crippen LogP contribution in [0.5, 0.6) is 0 Å². The standard InChI is InChI=1S/C13H17ClO6/c14-8-3-1-2-7(4-8)13-19-11(9(17)5-15)12(20-13)10(18)6-16/h1-4,9-13,15-18H,5-6H2/t9-,10+,11-,12-,13?/m0/s1. The molecule has 1 aromatic carbocycles. The fourth-order valence-electron chi connectivity index (χ4n) is 2.11. The van der Waals surface area contributed by atoms with Gasteiger partial charge in [0.15, 0.2) is 6.29 Å². The van der Waals surface area contributed by atoms with Crippen LogP contribution >= 0.6 is 11.6 Å². The highest BCUT2D eigenvalue weighted by molar-refractivity contribution is 6.30. The summed E-state index contributed by atoms with van der Waals surface area (Å²) in [6.07, 6.45) is -5.14. The summed E-state index contributed by atoms with van der Waals surface area (Å²) >= 11 is 5.89. The molecule has 0 amide bonds. The normalized spacial score (nSPS) is 29.4. The third kappa shape index (κ3) is 3.29. The minimum absolute atomic E-state index is 0.500. The van der Waals surface area contributed by atoms with Crippen molar-refractivity contribution in [3.05, 3.63) is 34.9 Å². The van der Waals surface area contributed by atoms with E-state index in [1.165, 1.54) is 0 Å². The van der Waals surface area contributed by atoms with Crippen molar-refractivity contribution in [1.29, 1.82) is 0 Å². The van der Waals surface area contributed by atoms with Gasteiger partial charge in [-0.2, -0.15) is 0 Å². The molecule has 2 rings (SSSR count). The van der Waals surface area contributed by atoms with Crippen LogP contribution in [0.2, 0.25) is 5.02 Å². The zero-order chi connectivity index (χ0) is 14.7. The molecule has 1 saturated heterocycles. The van der Waals surface area contributed by atoms with Gasteiger partial charge in [0, 0.05) is 10.6 Å². The summed E-state index contributed by atoms with van der Waals surface area (Å²) in [6, 6.07) is 6.78. The topological polar surface area (TPSA) is 99.4 Å². The second kappa shape index (κ2) is 6.82. The Morgan fingerprint density at radius 2 is 1.60 bits per heavy atom. The van der Waals surface area contributed by atoms with Gasteiger partial charge >= 0.3 is 0 Å². The fraction of sp³-hybridized carbons (Fsp3) is 0.538. The Balaban J connectivity index is 2.18. The highest BCUT2D eigenvalue weighted by atomic mass is 35.5. The first-order valence-corrected chi connectivity index (χ1v) is 6.59. The second-order valence-corrected chi connectivity index (χ2v) is 5.02. The Kier molecular flexibility index (Phi) is 5.34. The molecule has 1 aromatic rings. The van der Waals surface area contributed by atoms with Crippen LogP contribution in [0.3, 0.4) is 0 Å². The lowest BCUT2D eigenvalue weighted by molar-refractivity contribution is -0.0957. The van der Waals surface area contributed by atoms with Gasteiger partial charge in [0.25, 0.3) is 0 Å². The van der Waals surface area contributed by atoms with Crippen LogP contribution in [0.25, 0.3) is 0 Å². The molecule has 5 atom stereocenters. The number of aliphatic hydroxyl groups is 4. The molecule has 0 spiro atoms.